The molecule has 0 spiro atoms. The Morgan fingerprint density at radius 1 is 0.670 bits per heavy atom. The average molecular weight is 1480 g/mol. The van der Waals surface area contributed by atoms with E-state index in [-0.39, 0.29) is 43.6 Å². The zero-order valence-electron chi connectivity index (χ0n) is 50.6. The molecule has 1 amide bonds. The number of carbonyl (C=O) groups excluding carboxylic acids is 1. The van der Waals surface area contributed by atoms with Crippen LogP contribution in [0.2, 0.25) is 15.1 Å². The second kappa shape index (κ2) is 41.3. The molecule has 0 atom stereocenters. The number of nitriles is 1. The van der Waals surface area contributed by atoms with Gasteiger partial charge in [-0.1, -0.05) is 131 Å². The number of methoxy groups -OCH3 is 4. The fourth-order valence-corrected chi connectivity index (χ4v) is 11.7. The monoisotopic (exact) mass is 1470 g/mol. The largest absolute Gasteiger partial charge is 1.00 e. The molecule has 0 aromatic heterocycles. The summed E-state index contributed by atoms with van der Waals surface area (Å²) in [5.74, 6) is 3.35. The van der Waals surface area contributed by atoms with Crippen molar-refractivity contribution >= 4 is 135 Å². The number of guanidine groups is 1. The summed E-state index contributed by atoms with van der Waals surface area (Å²) in [7, 11) is 6.64. The van der Waals surface area contributed by atoms with Crippen LogP contribution in [0, 0.1) is 11.3 Å². The first kappa shape index (κ1) is 77.1. The number of thioether (sulfide) groups is 1. The van der Waals surface area contributed by atoms with Gasteiger partial charge in [0.05, 0.1) is 53.2 Å². The first-order valence-electron chi connectivity index (χ1n) is 27.1. The number of hydrogen-bond donors (Lipinski definition) is 4. The number of carboxylic acids is 1. The van der Waals surface area contributed by atoms with Crippen LogP contribution in [0.15, 0.2) is 157 Å². The summed E-state index contributed by atoms with van der Waals surface area (Å²) in [6, 6.07) is 44.7. The zero-order chi connectivity index (χ0) is 62.5. The molecule has 0 bridgehead atoms. The minimum absolute atomic E-state index is 0. The molecule has 462 valence electrons. The number of aliphatic carboxylic acids is 1. The predicted molar refractivity (Wildman–Crippen MR) is 373 cm³/mol. The summed E-state index contributed by atoms with van der Waals surface area (Å²) in [6.07, 6.45) is 6.81. The van der Waals surface area contributed by atoms with Gasteiger partial charge in [0.1, 0.15) is 23.0 Å². The third kappa shape index (κ3) is 24.6. The Balaban J connectivity index is 0.000000395. The molecule has 0 unspecified atom stereocenters. The topological polar surface area (TPSA) is 193 Å². The Labute approximate surface area is 585 Å². The maximum absolute atomic E-state index is 12.3. The standard InChI is InChI=1S/C19H21BrClN3O.C16H17BrClNO.C16H13BrClNO.C12H14N2O2S.C2H4O2.Al.Li.4H/c1-25-18-8-6-15(20)11-13(18)5-7-16-14(3-2-4-17(16)21)12-24-19-22-9-10-23-19;2*1-20-16-8-6-13(17)9-11(16)5-7-14-12(10-19)3-2-4-15(14)18;1-16-10-5-3-4-9(8-10)11(15)14-7-6-13-12(14)17-2;1-2(3)4;;;;;;/h2-4,6,8,11H,5,7,9-10,12H2,1H3,(H2,22,23,24);2-4,6,8-9H,5,7,10,19H2,1H3;2-4,6,8-9H,5,7H2,1H3;3-5,8H,6-7H2,1-2H3;1H3,(H,3,4);;;;;;/q;;;;;;+1;;;;-1. The molecule has 2 aliphatic rings. The molecule has 14 nitrogen and oxygen atoms in total. The predicted octanol–water partition coefficient (Wildman–Crippen LogP) is 11.0. The van der Waals surface area contributed by atoms with E-state index in [2.05, 4.69) is 92.7 Å². The third-order valence-electron chi connectivity index (χ3n) is 13.2. The van der Waals surface area contributed by atoms with Crippen LogP contribution in [-0.2, 0) is 56.4 Å². The number of aryl methyl sites for hydroxylation is 3. The van der Waals surface area contributed by atoms with Gasteiger partial charge in [-0.3, -0.25) is 24.5 Å². The molecule has 7 aromatic rings. The van der Waals surface area contributed by atoms with E-state index >= 15 is 0 Å². The Kier molecular flexibility index (Phi) is 36.2. The SMILES string of the molecule is CC(=O)O.COc1ccc(Br)cc1CCc1c(Cl)cccc1C#N.COc1ccc(Br)cc1CCc1c(Cl)cccc1CN.COc1ccc(Br)cc1CCc1c(Cl)cccc1CNC1=NCCN1.COc1cccc(C(=O)N2CCN=C2SC)c1.[AlH3].[H-].[Li+]. The molecular formula is C65H73AlBr3Cl3LiN7O7S. The third-order valence-corrected chi connectivity index (χ3v) is 16.5. The van der Waals surface area contributed by atoms with E-state index in [1.54, 1.807) is 57.6 Å². The number of aliphatic imine (C=N–C) groups is 2. The molecule has 7 aromatic carbocycles. The molecule has 5 N–H and O–H groups in total. The van der Waals surface area contributed by atoms with Crippen LogP contribution in [0.3, 0.4) is 0 Å². The van der Waals surface area contributed by atoms with Crippen molar-refractivity contribution in [1.29, 1.82) is 5.26 Å². The van der Waals surface area contributed by atoms with Crippen molar-refractivity contribution in [3.8, 4) is 29.1 Å². The Morgan fingerprint density at radius 3 is 1.59 bits per heavy atom. The molecule has 0 fully saturated rings. The number of carboxylic acid groups (broad SMARTS) is 1. The zero-order valence-corrected chi connectivity index (χ0v) is 57.5. The van der Waals surface area contributed by atoms with Crippen molar-refractivity contribution in [2.75, 3.05) is 60.9 Å². The van der Waals surface area contributed by atoms with Crippen molar-refractivity contribution in [2.24, 2.45) is 15.7 Å². The molecule has 23 heteroatoms. The number of benzene rings is 7. The van der Waals surface area contributed by atoms with Gasteiger partial charge in [0.15, 0.2) is 28.5 Å². The normalized spacial score (nSPS) is 11.6. The summed E-state index contributed by atoms with van der Waals surface area (Å²) in [6.45, 7) is 5.36. The minimum Gasteiger partial charge on any atom is -1.00 e. The van der Waals surface area contributed by atoms with Gasteiger partial charge in [-0.25, -0.2) is 0 Å². The molecule has 88 heavy (non-hydrogen) atoms. The second-order valence-electron chi connectivity index (χ2n) is 18.8. The van der Waals surface area contributed by atoms with Crippen molar-refractivity contribution in [3.05, 3.63) is 218 Å². The molecule has 2 aliphatic heterocycles. The quantitative estimate of drug-likeness (QED) is 0.0632. The number of ether oxygens (including phenoxy) is 4. The summed E-state index contributed by atoms with van der Waals surface area (Å²) >= 11 is 30.9. The Bertz CT molecular complexity index is 3520. The van der Waals surface area contributed by atoms with Crippen LogP contribution in [0.4, 0.5) is 0 Å². The second-order valence-corrected chi connectivity index (χ2v) is 23.5. The maximum Gasteiger partial charge on any atom is 1.00 e. The van der Waals surface area contributed by atoms with E-state index in [0.717, 1.165) is 143 Å². The van der Waals surface area contributed by atoms with Crippen molar-refractivity contribution < 1.29 is 53.9 Å². The van der Waals surface area contributed by atoms with Gasteiger partial charge in [0.25, 0.3) is 11.9 Å². The van der Waals surface area contributed by atoms with Crippen LogP contribution < -0.4 is 54.2 Å². The van der Waals surface area contributed by atoms with E-state index in [4.69, 9.17) is 74.6 Å². The van der Waals surface area contributed by atoms with Crippen LogP contribution in [0.1, 0.15) is 68.8 Å². The number of nitrogens with one attached hydrogen (secondary N) is 2. The molecule has 0 aliphatic carbocycles. The summed E-state index contributed by atoms with van der Waals surface area (Å²) in [4.78, 5) is 31.6. The number of amidine groups is 1. The van der Waals surface area contributed by atoms with E-state index in [1.807, 2.05) is 97.3 Å². The van der Waals surface area contributed by atoms with Gasteiger partial charge in [0.2, 0.25) is 0 Å². The summed E-state index contributed by atoms with van der Waals surface area (Å²) < 4.78 is 24.4. The first-order valence-corrected chi connectivity index (χ1v) is 31.8. The van der Waals surface area contributed by atoms with Gasteiger partial charge >= 0.3 is 18.9 Å². The molecular weight excluding hydrogens is 1400 g/mol. The van der Waals surface area contributed by atoms with E-state index in [9.17, 15) is 4.79 Å². The fourth-order valence-electron chi connectivity index (χ4n) is 9.04. The van der Waals surface area contributed by atoms with Gasteiger partial charge in [-0.05, 0) is 186 Å². The number of hydrogen-bond acceptors (Lipinski definition) is 13. The van der Waals surface area contributed by atoms with E-state index < -0.39 is 5.97 Å². The summed E-state index contributed by atoms with van der Waals surface area (Å²) in [5, 5.41) is 26.1. The number of nitrogens with two attached hydrogens (primary N) is 1. The molecule has 0 saturated heterocycles. The number of nitrogens with zero attached hydrogens (tertiary/aromatic N) is 4. The number of halogens is 6. The van der Waals surface area contributed by atoms with Crippen LogP contribution in [0.25, 0.3) is 0 Å². The fraction of sp³-hybridized carbons (Fsp3) is 0.277. The average Bonchev–Trinajstić information content (AvgIpc) is 3.04. The molecule has 9 rings (SSSR count). The van der Waals surface area contributed by atoms with Crippen LogP contribution >= 0.6 is 94.4 Å². The number of amides is 1. The van der Waals surface area contributed by atoms with Crippen molar-refractivity contribution in [3.63, 3.8) is 0 Å². The molecule has 2 heterocycles. The maximum atomic E-state index is 12.3. The van der Waals surface area contributed by atoms with Crippen molar-refractivity contribution in [2.45, 2.75) is 58.5 Å². The minimum atomic E-state index is -0.833. The van der Waals surface area contributed by atoms with E-state index in [1.165, 1.54) is 17.3 Å². The van der Waals surface area contributed by atoms with Gasteiger partial charge in [-0.2, -0.15) is 5.26 Å². The molecule has 0 radical (unpaired) electrons. The van der Waals surface area contributed by atoms with Gasteiger partial charge < -0.3 is 41.8 Å². The summed E-state index contributed by atoms with van der Waals surface area (Å²) in [5.41, 5.74) is 15.9. The van der Waals surface area contributed by atoms with Gasteiger partial charge in [-0.15, -0.1) is 0 Å². The first-order chi connectivity index (χ1) is 41.5. The number of carbonyl (C=O) groups is 2. The van der Waals surface area contributed by atoms with Crippen molar-refractivity contribution in [1.82, 2.24) is 15.5 Å². The van der Waals surface area contributed by atoms with Crippen LogP contribution in [0.5, 0.6) is 23.0 Å². The van der Waals surface area contributed by atoms with Crippen LogP contribution in [-0.4, -0.2) is 111 Å². The Morgan fingerprint density at radius 2 is 1.14 bits per heavy atom. The smallest absolute Gasteiger partial charge is 1.00 e. The number of rotatable bonds is 17. The van der Waals surface area contributed by atoms with Gasteiger partial charge in [0, 0.05) is 67.2 Å². The Hall–Kier alpha value is -5.14. The molecule has 0 saturated carbocycles. The van der Waals surface area contributed by atoms with E-state index in [0.29, 0.717) is 54.5 Å².